The van der Waals surface area contributed by atoms with Gasteiger partial charge in [-0.15, -0.1) is 0 Å². The van der Waals surface area contributed by atoms with E-state index in [1.165, 1.54) is 29.6 Å². The van der Waals surface area contributed by atoms with Crippen molar-refractivity contribution in [1.29, 1.82) is 0 Å². The van der Waals surface area contributed by atoms with Crippen molar-refractivity contribution in [3.8, 4) is 5.75 Å². The van der Waals surface area contributed by atoms with Crippen LogP contribution in [0.25, 0.3) is 0 Å². The first-order chi connectivity index (χ1) is 16.8. The molecule has 0 aliphatic heterocycles. The highest BCUT2D eigenvalue weighted by atomic mass is 32.2. The van der Waals surface area contributed by atoms with Crippen LogP contribution in [0.2, 0.25) is 0 Å². The number of ether oxygens (including phenoxy) is 2. The average Bonchev–Trinajstić information content (AvgIpc) is 2.88. The standard InChI is InChI=1S/C26H28N2O6S/c1-4-28(5-2)35(31,32)24-17-21(15-16-23(24)33-3)26(30)34-18-19-11-13-20(14-12-19)25(29)27-22-9-7-6-8-10-22/h6-17H,4-5,18H2,1-3H3,(H,27,29). The second kappa shape index (κ2) is 11.6. The lowest BCUT2D eigenvalue weighted by Gasteiger charge is -2.20. The Morgan fingerprint density at radius 1 is 0.886 bits per heavy atom. The molecule has 8 nitrogen and oxygen atoms in total. The minimum atomic E-state index is -3.84. The summed E-state index contributed by atoms with van der Waals surface area (Å²) in [5.41, 5.74) is 1.93. The number of hydrogen-bond acceptors (Lipinski definition) is 6. The van der Waals surface area contributed by atoms with E-state index in [1.807, 2.05) is 18.2 Å². The van der Waals surface area contributed by atoms with Crippen LogP contribution in [-0.4, -0.2) is 44.8 Å². The third kappa shape index (κ3) is 6.26. The minimum Gasteiger partial charge on any atom is -0.495 e. The zero-order valence-electron chi connectivity index (χ0n) is 19.9. The number of rotatable bonds is 10. The predicted molar refractivity (Wildman–Crippen MR) is 133 cm³/mol. The van der Waals surface area contributed by atoms with E-state index in [4.69, 9.17) is 9.47 Å². The third-order valence-corrected chi connectivity index (χ3v) is 7.41. The number of nitrogens with one attached hydrogen (secondary N) is 1. The van der Waals surface area contributed by atoms with Gasteiger partial charge in [0.05, 0.1) is 12.7 Å². The number of nitrogens with zero attached hydrogens (tertiary/aromatic N) is 1. The topological polar surface area (TPSA) is 102 Å². The quantitative estimate of drug-likeness (QED) is 0.419. The second-order valence-electron chi connectivity index (χ2n) is 7.55. The van der Waals surface area contributed by atoms with E-state index in [2.05, 4.69) is 5.32 Å². The molecule has 3 aromatic carbocycles. The smallest absolute Gasteiger partial charge is 0.338 e. The van der Waals surface area contributed by atoms with E-state index in [1.54, 1.807) is 50.2 Å². The summed E-state index contributed by atoms with van der Waals surface area (Å²) in [6.07, 6.45) is 0. The van der Waals surface area contributed by atoms with Crippen LogP contribution in [0.15, 0.2) is 77.7 Å². The molecule has 0 heterocycles. The maximum atomic E-state index is 13.0. The predicted octanol–water partition coefficient (Wildman–Crippen LogP) is 4.34. The van der Waals surface area contributed by atoms with Crippen LogP contribution in [0.5, 0.6) is 5.75 Å². The molecular weight excluding hydrogens is 468 g/mol. The number of esters is 1. The van der Waals surface area contributed by atoms with Crippen LogP contribution in [0, 0.1) is 0 Å². The van der Waals surface area contributed by atoms with Gasteiger partial charge in [0.1, 0.15) is 17.3 Å². The number of amides is 1. The summed E-state index contributed by atoms with van der Waals surface area (Å²) in [6, 6.07) is 20.0. The average molecular weight is 497 g/mol. The Morgan fingerprint density at radius 2 is 1.51 bits per heavy atom. The molecular formula is C26H28N2O6S. The molecule has 0 fully saturated rings. The molecule has 0 unspecified atom stereocenters. The number of para-hydroxylation sites is 1. The molecule has 0 saturated carbocycles. The number of anilines is 1. The van der Waals surface area contributed by atoms with Crippen molar-refractivity contribution in [1.82, 2.24) is 4.31 Å². The Hall–Kier alpha value is -3.69. The monoisotopic (exact) mass is 496 g/mol. The molecule has 0 bridgehead atoms. The van der Waals surface area contributed by atoms with Crippen LogP contribution in [0.1, 0.15) is 40.1 Å². The maximum absolute atomic E-state index is 13.0. The summed E-state index contributed by atoms with van der Waals surface area (Å²) < 4.78 is 37.9. The van der Waals surface area contributed by atoms with Crippen molar-refractivity contribution < 1.29 is 27.5 Å². The van der Waals surface area contributed by atoms with Gasteiger partial charge in [-0.2, -0.15) is 4.31 Å². The van der Waals surface area contributed by atoms with E-state index >= 15 is 0 Å². The molecule has 0 atom stereocenters. The molecule has 0 aliphatic carbocycles. The highest BCUT2D eigenvalue weighted by Gasteiger charge is 2.27. The molecule has 0 radical (unpaired) electrons. The summed E-state index contributed by atoms with van der Waals surface area (Å²) in [4.78, 5) is 24.9. The van der Waals surface area contributed by atoms with Crippen molar-refractivity contribution in [3.63, 3.8) is 0 Å². The lowest BCUT2D eigenvalue weighted by Crippen LogP contribution is -2.31. The van der Waals surface area contributed by atoms with Gasteiger partial charge in [0.25, 0.3) is 5.91 Å². The Balaban J connectivity index is 1.69. The van der Waals surface area contributed by atoms with Crippen LogP contribution < -0.4 is 10.1 Å². The lowest BCUT2D eigenvalue weighted by atomic mass is 10.1. The van der Waals surface area contributed by atoms with Crippen LogP contribution in [-0.2, 0) is 21.4 Å². The number of hydrogen-bond donors (Lipinski definition) is 1. The van der Waals surface area contributed by atoms with Crippen LogP contribution >= 0.6 is 0 Å². The van der Waals surface area contributed by atoms with Gasteiger partial charge >= 0.3 is 5.97 Å². The molecule has 0 aromatic heterocycles. The van der Waals surface area contributed by atoms with Gasteiger partial charge in [0.2, 0.25) is 10.0 Å². The lowest BCUT2D eigenvalue weighted by molar-refractivity contribution is 0.0472. The maximum Gasteiger partial charge on any atom is 0.338 e. The molecule has 184 valence electrons. The normalized spacial score (nSPS) is 11.2. The first-order valence-electron chi connectivity index (χ1n) is 11.1. The SMILES string of the molecule is CCN(CC)S(=O)(=O)c1cc(C(=O)OCc2ccc(C(=O)Nc3ccccc3)cc2)ccc1OC. The Morgan fingerprint density at radius 3 is 2.11 bits per heavy atom. The number of sulfonamides is 1. The number of carbonyl (C=O) groups excluding carboxylic acids is 2. The van der Waals surface area contributed by atoms with Gasteiger partial charge in [0.15, 0.2) is 0 Å². The van der Waals surface area contributed by atoms with Crippen LogP contribution in [0.4, 0.5) is 5.69 Å². The number of carbonyl (C=O) groups is 2. The first kappa shape index (κ1) is 25.9. The van der Waals surface area contributed by atoms with Crippen molar-refractivity contribution >= 4 is 27.6 Å². The van der Waals surface area contributed by atoms with E-state index in [0.717, 1.165) is 0 Å². The highest BCUT2D eigenvalue weighted by molar-refractivity contribution is 7.89. The van der Waals surface area contributed by atoms with Gasteiger partial charge in [0, 0.05) is 24.3 Å². The third-order valence-electron chi connectivity index (χ3n) is 5.34. The molecule has 0 spiro atoms. The first-order valence-corrected chi connectivity index (χ1v) is 12.5. The fraction of sp³-hybridized carbons (Fsp3) is 0.231. The van der Waals surface area contributed by atoms with Crippen molar-refractivity contribution in [2.45, 2.75) is 25.3 Å². The minimum absolute atomic E-state index is 0.0381. The van der Waals surface area contributed by atoms with Crippen molar-refractivity contribution in [2.24, 2.45) is 0 Å². The van der Waals surface area contributed by atoms with Gasteiger partial charge in [-0.25, -0.2) is 13.2 Å². The summed E-state index contributed by atoms with van der Waals surface area (Å²) in [5, 5.41) is 2.81. The van der Waals surface area contributed by atoms with Gasteiger partial charge in [-0.05, 0) is 48.0 Å². The highest BCUT2D eigenvalue weighted by Crippen LogP contribution is 2.28. The second-order valence-corrected chi connectivity index (χ2v) is 9.45. The summed E-state index contributed by atoms with van der Waals surface area (Å²) >= 11 is 0. The summed E-state index contributed by atoms with van der Waals surface area (Å²) in [7, 11) is -2.47. The molecule has 1 amide bonds. The zero-order chi connectivity index (χ0) is 25.4. The van der Waals surface area contributed by atoms with Crippen molar-refractivity contribution in [2.75, 3.05) is 25.5 Å². The molecule has 9 heteroatoms. The molecule has 1 N–H and O–H groups in total. The van der Waals surface area contributed by atoms with E-state index in [-0.39, 0.29) is 41.8 Å². The van der Waals surface area contributed by atoms with Gasteiger partial charge < -0.3 is 14.8 Å². The number of methoxy groups -OCH3 is 1. The summed E-state index contributed by atoms with van der Waals surface area (Å²) in [6.45, 7) is 4.01. The largest absolute Gasteiger partial charge is 0.495 e. The zero-order valence-corrected chi connectivity index (χ0v) is 20.7. The van der Waals surface area contributed by atoms with E-state index in [9.17, 15) is 18.0 Å². The fourth-order valence-electron chi connectivity index (χ4n) is 3.42. The molecule has 0 saturated heterocycles. The van der Waals surface area contributed by atoms with Gasteiger partial charge in [-0.3, -0.25) is 4.79 Å². The molecule has 3 rings (SSSR count). The Kier molecular flexibility index (Phi) is 8.62. The molecule has 0 aliphatic rings. The Labute approximate surface area is 205 Å². The van der Waals surface area contributed by atoms with E-state index in [0.29, 0.717) is 16.8 Å². The van der Waals surface area contributed by atoms with Crippen LogP contribution in [0.3, 0.4) is 0 Å². The molecule has 35 heavy (non-hydrogen) atoms. The van der Waals surface area contributed by atoms with Gasteiger partial charge in [-0.1, -0.05) is 44.2 Å². The fourth-order valence-corrected chi connectivity index (χ4v) is 5.06. The molecule has 3 aromatic rings. The number of benzene rings is 3. The van der Waals surface area contributed by atoms with E-state index < -0.39 is 16.0 Å². The summed E-state index contributed by atoms with van der Waals surface area (Å²) in [5.74, 6) is -0.771. The Bertz CT molecular complexity index is 1270. The van der Waals surface area contributed by atoms with Crippen molar-refractivity contribution in [3.05, 3.63) is 89.5 Å².